The zero-order valence-corrected chi connectivity index (χ0v) is 23.9. The van der Waals surface area contributed by atoms with Crippen molar-refractivity contribution in [2.24, 2.45) is 5.92 Å². The van der Waals surface area contributed by atoms with E-state index < -0.39 is 24.1 Å². The van der Waals surface area contributed by atoms with Gasteiger partial charge in [-0.2, -0.15) is 0 Å². The monoisotopic (exact) mass is 574 g/mol. The Kier molecular flexibility index (Phi) is 9.72. The van der Waals surface area contributed by atoms with Crippen LogP contribution in [-0.2, 0) is 31.2 Å². The van der Waals surface area contributed by atoms with Crippen molar-refractivity contribution in [2.75, 3.05) is 27.4 Å². The molecule has 4 atom stereocenters. The smallest absolute Gasteiger partial charge is 0.165 e. The molecule has 1 heterocycles. The van der Waals surface area contributed by atoms with E-state index in [9.17, 15) is 5.11 Å². The van der Waals surface area contributed by atoms with Crippen LogP contribution in [0.15, 0.2) is 109 Å². The van der Waals surface area contributed by atoms with Crippen LogP contribution in [0.2, 0.25) is 5.02 Å². The number of hydrogen-bond acceptors (Lipinski definition) is 6. The van der Waals surface area contributed by atoms with Gasteiger partial charge in [0.05, 0.1) is 39.0 Å². The van der Waals surface area contributed by atoms with Gasteiger partial charge in [-0.15, -0.1) is 0 Å². The molecule has 0 saturated carbocycles. The molecule has 0 radical (unpaired) electrons. The van der Waals surface area contributed by atoms with E-state index in [0.29, 0.717) is 11.6 Å². The average molecular weight is 575 g/mol. The van der Waals surface area contributed by atoms with E-state index in [4.69, 9.17) is 35.3 Å². The van der Waals surface area contributed by atoms with Crippen LogP contribution in [-0.4, -0.2) is 51.0 Å². The second-order valence-electron chi connectivity index (χ2n) is 9.98. The summed E-state index contributed by atoms with van der Waals surface area (Å²) in [4.78, 5) is 0. The number of rotatable bonds is 12. The summed E-state index contributed by atoms with van der Waals surface area (Å²) >= 11 is 6.06. The molecule has 4 aromatic rings. The minimum Gasteiger partial charge on any atom is -0.497 e. The van der Waals surface area contributed by atoms with E-state index in [1.54, 1.807) is 14.2 Å². The van der Waals surface area contributed by atoms with Gasteiger partial charge in [-0.3, -0.25) is 0 Å². The van der Waals surface area contributed by atoms with Crippen molar-refractivity contribution < 1.29 is 28.8 Å². The third-order valence-corrected chi connectivity index (χ3v) is 7.82. The summed E-state index contributed by atoms with van der Waals surface area (Å²) in [5.74, 6) is 0.434. The van der Waals surface area contributed by atoms with Gasteiger partial charge in [0, 0.05) is 12.1 Å². The number of aliphatic hydroxyl groups excluding tert-OH is 1. The molecule has 1 aliphatic rings. The maximum absolute atomic E-state index is 10.2. The highest BCUT2D eigenvalue weighted by Crippen LogP contribution is 2.43. The molecule has 0 unspecified atom stereocenters. The predicted molar refractivity (Wildman–Crippen MR) is 158 cm³/mol. The number of halogens is 1. The zero-order chi connectivity index (χ0) is 28.7. The third-order valence-electron chi connectivity index (χ3n) is 7.56. The zero-order valence-electron chi connectivity index (χ0n) is 23.2. The van der Waals surface area contributed by atoms with Crippen molar-refractivity contribution in [1.29, 1.82) is 0 Å². The summed E-state index contributed by atoms with van der Waals surface area (Å²) in [5, 5.41) is 10.8. The summed E-state index contributed by atoms with van der Waals surface area (Å²) in [6, 6.07) is 35.8. The molecule has 4 aromatic carbocycles. The van der Waals surface area contributed by atoms with Crippen LogP contribution in [0.5, 0.6) is 5.75 Å². The number of ether oxygens (including phenoxy) is 5. The van der Waals surface area contributed by atoms with E-state index in [1.807, 2.05) is 84.9 Å². The Hall–Kier alpha value is -3.23. The molecule has 214 valence electrons. The lowest BCUT2D eigenvalue weighted by atomic mass is 9.80. The summed E-state index contributed by atoms with van der Waals surface area (Å²) in [6.07, 6.45) is -1.66. The molecule has 1 N–H and O–H groups in total. The van der Waals surface area contributed by atoms with Crippen molar-refractivity contribution in [1.82, 2.24) is 0 Å². The molecule has 0 aliphatic carbocycles. The SMILES string of the molecule is COc1ccc(C(OC[C@@H]2[C@H](OC)O[C@@H](CO)[C@@H]2OCc2ccc(Cl)cc2)(c2ccccc2)c2ccccc2)cc1. The number of aliphatic hydroxyl groups is 1. The molecule has 0 aromatic heterocycles. The predicted octanol–water partition coefficient (Wildman–Crippen LogP) is 6.22. The van der Waals surface area contributed by atoms with Crippen molar-refractivity contribution in [3.8, 4) is 5.75 Å². The van der Waals surface area contributed by atoms with Crippen LogP contribution >= 0.6 is 11.6 Å². The third kappa shape index (κ3) is 6.33. The first kappa shape index (κ1) is 29.3. The molecule has 1 aliphatic heterocycles. The Morgan fingerprint density at radius 1 is 0.780 bits per heavy atom. The number of benzene rings is 4. The maximum Gasteiger partial charge on any atom is 0.165 e. The highest BCUT2D eigenvalue weighted by Gasteiger charge is 2.48. The van der Waals surface area contributed by atoms with Gasteiger partial charge in [-0.05, 0) is 46.5 Å². The van der Waals surface area contributed by atoms with E-state index in [1.165, 1.54) is 0 Å². The Bertz CT molecular complexity index is 1310. The normalized spacial score (nSPS) is 20.7. The van der Waals surface area contributed by atoms with Gasteiger partial charge in [-0.1, -0.05) is 96.5 Å². The van der Waals surface area contributed by atoms with Gasteiger partial charge in [0.1, 0.15) is 17.5 Å². The first-order valence-electron chi connectivity index (χ1n) is 13.6. The van der Waals surface area contributed by atoms with E-state index in [-0.39, 0.29) is 19.1 Å². The van der Waals surface area contributed by atoms with Gasteiger partial charge >= 0.3 is 0 Å². The fourth-order valence-electron chi connectivity index (χ4n) is 5.48. The molecule has 1 fully saturated rings. The Labute approximate surface area is 246 Å². The van der Waals surface area contributed by atoms with Crippen LogP contribution in [0.25, 0.3) is 0 Å². The molecule has 5 rings (SSSR count). The average Bonchev–Trinajstić information content (AvgIpc) is 3.39. The summed E-state index contributed by atoms with van der Waals surface area (Å²) < 4.78 is 30.8. The van der Waals surface area contributed by atoms with E-state index >= 15 is 0 Å². The fraction of sp³-hybridized carbons (Fsp3) is 0.294. The highest BCUT2D eigenvalue weighted by molar-refractivity contribution is 6.30. The van der Waals surface area contributed by atoms with Gasteiger partial charge < -0.3 is 28.8 Å². The molecule has 1 saturated heterocycles. The molecule has 0 bridgehead atoms. The second kappa shape index (κ2) is 13.6. The Morgan fingerprint density at radius 3 is 1.90 bits per heavy atom. The summed E-state index contributed by atoms with van der Waals surface area (Å²) in [5.41, 5.74) is 2.90. The minimum atomic E-state index is -0.953. The van der Waals surface area contributed by atoms with Crippen molar-refractivity contribution in [3.05, 3.63) is 136 Å². The topological polar surface area (TPSA) is 66.4 Å². The van der Waals surface area contributed by atoms with Crippen LogP contribution in [0.4, 0.5) is 0 Å². The maximum atomic E-state index is 10.2. The molecule has 7 heteroatoms. The Balaban J connectivity index is 1.52. The minimum absolute atomic E-state index is 0.206. The van der Waals surface area contributed by atoms with Crippen LogP contribution in [0.1, 0.15) is 22.3 Å². The molecular weight excluding hydrogens is 540 g/mol. The first-order valence-corrected chi connectivity index (χ1v) is 14.0. The van der Waals surface area contributed by atoms with Gasteiger partial charge in [0.2, 0.25) is 0 Å². The van der Waals surface area contributed by atoms with Crippen molar-refractivity contribution >= 4 is 11.6 Å². The van der Waals surface area contributed by atoms with Crippen molar-refractivity contribution in [2.45, 2.75) is 30.7 Å². The lowest BCUT2D eigenvalue weighted by molar-refractivity contribution is -0.151. The Morgan fingerprint density at radius 2 is 1.37 bits per heavy atom. The largest absolute Gasteiger partial charge is 0.497 e. The quantitative estimate of drug-likeness (QED) is 0.203. The van der Waals surface area contributed by atoms with Crippen molar-refractivity contribution in [3.63, 3.8) is 0 Å². The van der Waals surface area contributed by atoms with Crippen LogP contribution in [0.3, 0.4) is 0 Å². The molecular formula is C34H35ClO6. The lowest BCUT2D eigenvalue weighted by Crippen LogP contribution is -2.40. The standard InChI is InChI=1S/C34H35ClO6/c1-37-29-19-15-27(16-20-29)34(25-9-5-3-6-10-25,26-11-7-4-8-12-26)40-23-30-32(31(21-36)41-33(30)38-2)39-22-24-13-17-28(35)18-14-24/h3-20,30-33,36H,21-23H2,1-2H3/t30-,31-,32+,33+/m0/s1. The van der Waals surface area contributed by atoms with E-state index in [0.717, 1.165) is 28.0 Å². The fourth-order valence-corrected chi connectivity index (χ4v) is 5.60. The highest BCUT2D eigenvalue weighted by atomic mass is 35.5. The lowest BCUT2D eigenvalue weighted by Gasteiger charge is -2.37. The molecule has 0 spiro atoms. The van der Waals surface area contributed by atoms with Gasteiger partial charge in [0.25, 0.3) is 0 Å². The van der Waals surface area contributed by atoms with Gasteiger partial charge in [-0.25, -0.2) is 0 Å². The van der Waals surface area contributed by atoms with E-state index in [2.05, 4.69) is 24.3 Å². The summed E-state index contributed by atoms with van der Waals surface area (Å²) in [6.45, 7) is 0.356. The first-order chi connectivity index (χ1) is 20.1. The van der Waals surface area contributed by atoms with Crippen LogP contribution < -0.4 is 4.74 Å². The van der Waals surface area contributed by atoms with Crippen LogP contribution in [0, 0.1) is 5.92 Å². The van der Waals surface area contributed by atoms with Gasteiger partial charge in [0.15, 0.2) is 6.29 Å². The molecule has 41 heavy (non-hydrogen) atoms. The molecule has 6 nitrogen and oxygen atoms in total. The number of hydrogen-bond donors (Lipinski definition) is 1. The second-order valence-corrected chi connectivity index (χ2v) is 10.4. The number of methoxy groups -OCH3 is 2. The molecule has 0 amide bonds. The summed E-state index contributed by atoms with van der Waals surface area (Å²) in [7, 11) is 3.25.